The second-order valence-electron chi connectivity index (χ2n) is 30.2. The number of imide groups is 1. The molecule has 9 amide bonds. The van der Waals surface area contributed by atoms with Crippen LogP contribution in [0.15, 0.2) is 78.9 Å². The van der Waals surface area contributed by atoms with Gasteiger partial charge in [-0.2, -0.15) is 0 Å². The fraction of sp³-hybridized carbons (Fsp3) is 0.630. The Morgan fingerprint density at radius 2 is 1.33 bits per heavy atom. The number of amides is 9. The highest BCUT2D eigenvalue weighted by atomic mass is 16.6. The van der Waals surface area contributed by atoms with Gasteiger partial charge < -0.3 is 50.8 Å². The quantitative estimate of drug-likeness (QED) is 0.0260. The number of nitrogens with two attached hydrogens (primary N) is 1. The first-order chi connectivity index (χ1) is 50.2. The standard InChI is InChI=1S/C81H121N9O16/c1-16-53(8)73(69(104-14)48-71(95)89-41-24-29-66(89)74(105-15)55(10)75(96)85-65(79(100)101)44-57-25-19-17-20-26-57)88(13)78(99)63(51(4)5)47-68(93)72(52(6)7)86(11)42-38-56-34-36-60(37-35-56)87(12)81(103)106-49-59-32-30-58(31-33-59)45-67(92)64(28-23-39-83-80(82)102)84-76(97)62(50(2)3)46-61(91)27-21-18-22-40-90-70(94)43-54(9)77(90)98/h17,19-20,25-26,30-37,50-55,62-66,69,72-74H,16,18,21-24,27-29,38-49H2,1-15H3,(H,84,97)(H,85,96)(H,100,101)(H3,82,83,102)/t53-,54?,55+,62-,63-,64-,65-,66-,69+,72-,73-,74+/m0/s1. The fourth-order valence-corrected chi connectivity index (χ4v) is 14.7. The molecule has 25 heteroatoms. The number of carboxylic acids is 1. The molecule has 3 aromatic rings. The number of urea groups is 1. The average molecular weight is 1480 g/mol. The molecule has 5 rings (SSSR count). The van der Waals surface area contributed by atoms with Crippen LogP contribution in [0, 0.1) is 47.3 Å². The van der Waals surface area contributed by atoms with E-state index in [4.69, 9.17) is 19.9 Å². The summed E-state index contributed by atoms with van der Waals surface area (Å²) >= 11 is 0. The van der Waals surface area contributed by atoms with Crippen LogP contribution in [0.2, 0.25) is 0 Å². The van der Waals surface area contributed by atoms with Crippen molar-refractivity contribution in [3.05, 3.63) is 101 Å². The lowest BCUT2D eigenvalue weighted by Gasteiger charge is -2.41. The van der Waals surface area contributed by atoms with Gasteiger partial charge in [0.05, 0.1) is 48.7 Å². The number of carbonyl (C=O) groups is 12. The number of aliphatic carboxylic acids is 1. The predicted octanol–water partition coefficient (Wildman–Crippen LogP) is 9.15. The average Bonchev–Trinajstić information content (AvgIpc) is 1.38. The molecule has 0 spiro atoms. The van der Waals surface area contributed by atoms with Gasteiger partial charge in [0, 0.05) is 116 Å². The minimum atomic E-state index is -1.17. The van der Waals surface area contributed by atoms with E-state index in [0.29, 0.717) is 87.8 Å². The summed E-state index contributed by atoms with van der Waals surface area (Å²) in [7, 11) is 8.26. The van der Waals surface area contributed by atoms with Crippen LogP contribution >= 0.6 is 0 Å². The van der Waals surface area contributed by atoms with Gasteiger partial charge in [0.1, 0.15) is 18.4 Å². The van der Waals surface area contributed by atoms with Crippen LogP contribution in [0.25, 0.3) is 0 Å². The topological polar surface area (TPSA) is 331 Å². The van der Waals surface area contributed by atoms with Crippen molar-refractivity contribution in [2.24, 2.45) is 53.1 Å². The van der Waals surface area contributed by atoms with Gasteiger partial charge in [0.2, 0.25) is 35.4 Å². The minimum Gasteiger partial charge on any atom is -0.480 e. The second kappa shape index (κ2) is 43.4. The molecule has 2 aliphatic rings. The van der Waals surface area contributed by atoms with Crippen molar-refractivity contribution < 1.29 is 76.9 Å². The van der Waals surface area contributed by atoms with E-state index in [1.807, 2.05) is 97.7 Å². The molecule has 106 heavy (non-hydrogen) atoms. The number of benzene rings is 3. The Hall–Kier alpha value is -8.42. The fourth-order valence-electron chi connectivity index (χ4n) is 14.7. The van der Waals surface area contributed by atoms with Crippen molar-refractivity contribution in [1.29, 1.82) is 0 Å². The Morgan fingerprint density at radius 3 is 1.91 bits per heavy atom. The van der Waals surface area contributed by atoms with Gasteiger partial charge in [0.25, 0.3) is 0 Å². The number of hydrogen-bond acceptors (Lipinski definition) is 16. The van der Waals surface area contributed by atoms with Crippen LogP contribution in [0.1, 0.15) is 175 Å². The molecule has 586 valence electrons. The summed E-state index contributed by atoms with van der Waals surface area (Å²) in [5.41, 5.74) is 8.91. The minimum absolute atomic E-state index is 0.00162. The predicted molar refractivity (Wildman–Crippen MR) is 405 cm³/mol. The zero-order chi connectivity index (χ0) is 78.6. The number of nitrogens with one attached hydrogen (secondary N) is 3. The van der Waals surface area contributed by atoms with E-state index in [-0.39, 0.29) is 135 Å². The van der Waals surface area contributed by atoms with Crippen molar-refractivity contribution in [3.8, 4) is 0 Å². The molecule has 0 radical (unpaired) electrons. The Morgan fingerprint density at radius 1 is 0.698 bits per heavy atom. The molecule has 3 aromatic carbocycles. The number of unbranched alkanes of at least 4 members (excludes halogenated alkanes) is 2. The number of likely N-dealkylation sites (tertiary alicyclic amines) is 2. The van der Waals surface area contributed by atoms with Crippen LogP contribution in [-0.2, 0) is 88.0 Å². The lowest BCUT2D eigenvalue weighted by Crippen LogP contribution is -2.55. The number of ketones is 3. The van der Waals surface area contributed by atoms with Crippen molar-refractivity contribution in [2.75, 3.05) is 66.4 Å². The summed E-state index contributed by atoms with van der Waals surface area (Å²) in [6, 6.07) is 19.2. The summed E-state index contributed by atoms with van der Waals surface area (Å²) in [5, 5.41) is 18.2. The summed E-state index contributed by atoms with van der Waals surface area (Å²) in [5.74, 6) is -6.44. The van der Waals surface area contributed by atoms with Crippen LogP contribution in [-0.4, -0.2) is 200 Å². The number of Topliss-reactive ketones (excluding diaryl/α,β-unsaturated/α-hetero) is 3. The Bertz CT molecular complexity index is 3400. The Kier molecular flexibility index (Phi) is 36.1. The van der Waals surface area contributed by atoms with Gasteiger partial charge in [-0.3, -0.25) is 57.9 Å². The summed E-state index contributed by atoms with van der Waals surface area (Å²) in [4.78, 5) is 168. The molecule has 1 unspecified atom stereocenters. The molecule has 2 heterocycles. The third kappa shape index (κ3) is 26.2. The molecule has 2 aliphatic heterocycles. The molecule has 12 atom stereocenters. The number of ether oxygens (including phenoxy) is 3. The van der Waals surface area contributed by atoms with E-state index in [2.05, 4.69) is 16.0 Å². The third-order valence-electron chi connectivity index (χ3n) is 21.3. The number of likely N-dealkylation sites (N-methyl/N-ethyl adjacent to an activating group) is 2. The van der Waals surface area contributed by atoms with Gasteiger partial charge in [-0.1, -0.05) is 149 Å². The van der Waals surface area contributed by atoms with Gasteiger partial charge in [0.15, 0.2) is 11.6 Å². The third-order valence-corrected chi connectivity index (χ3v) is 21.3. The van der Waals surface area contributed by atoms with E-state index < -0.39 is 90.1 Å². The Balaban J connectivity index is 1.13. The number of anilines is 1. The molecule has 6 N–H and O–H groups in total. The largest absolute Gasteiger partial charge is 0.480 e. The highest BCUT2D eigenvalue weighted by Gasteiger charge is 2.44. The molecule has 2 saturated heterocycles. The first kappa shape index (κ1) is 88.2. The summed E-state index contributed by atoms with van der Waals surface area (Å²) < 4.78 is 17.8. The van der Waals surface area contributed by atoms with Gasteiger partial charge in [-0.25, -0.2) is 14.4 Å². The second-order valence-corrected chi connectivity index (χ2v) is 30.2. The zero-order valence-corrected chi connectivity index (χ0v) is 65.4. The van der Waals surface area contributed by atoms with Crippen LogP contribution < -0.4 is 26.6 Å². The number of rotatable bonds is 46. The molecule has 25 nitrogen and oxygen atoms in total. The van der Waals surface area contributed by atoms with Crippen LogP contribution in [0.4, 0.5) is 15.3 Å². The van der Waals surface area contributed by atoms with Crippen LogP contribution in [0.3, 0.4) is 0 Å². The van der Waals surface area contributed by atoms with Gasteiger partial charge in [-0.15, -0.1) is 0 Å². The van der Waals surface area contributed by atoms with Gasteiger partial charge in [-0.05, 0) is 110 Å². The lowest BCUT2D eigenvalue weighted by atomic mass is 9.83. The van der Waals surface area contributed by atoms with E-state index in [1.54, 1.807) is 86.3 Å². The maximum Gasteiger partial charge on any atom is 0.414 e. The van der Waals surface area contributed by atoms with Crippen molar-refractivity contribution in [3.63, 3.8) is 0 Å². The highest BCUT2D eigenvalue weighted by molar-refractivity contribution is 6.03. The number of hydrogen-bond donors (Lipinski definition) is 5. The number of primary amides is 1. The molecule has 0 saturated carbocycles. The van der Waals surface area contributed by atoms with Gasteiger partial charge >= 0.3 is 18.1 Å². The summed E-state index contributed by atoms with van der Waals surface area (Å²) in [6.07, 6.45) is 3.15. The molecular weight excluding hydrogens is 1350 g/mol. The maximum atomic E-state index is 14.9. The van der Waals surface area contributed by atoms with E-state index in [9.17, 15) is 62.6 Å². The number of carboxylic acid groups (broad SMARTS) is 1. The normalized spacial score (nSPS) is 17.4. The molecule has 0 bridgehead atoms. The van der Waals surface area contributed by atoms with Crippen molar-refractivity contribution in [1.82, 2.24) is 35.6 Å². The maximum absolute atomic E-state index is 14.9. The number of carbonyl (C=O) groups excluding carboxylic acids is 11. The number of nitrogens with zero attached hydrogens (tertiary/aromatic N) is 5. The monoisotopic (exact) mass is 1480 g/mol. The zero-order valence-electron chi connectivity index (χ0n) is 65.4. The molecule has 0 aromatic heterocycles. The molecule has 0 aliphatic carbocycles. The van der Waals surface area contributed by atoms with Crippen LogP contribution in [0.5, 0.6) is 0 Å². The van der Waals surface area contributed by atoms with E-state index in [0.717, 1.165) is 11.1 Å². The summed E-state index contributed by atoms with van der Waals surface area (Å²) in [6.45, 7) is 20.4. The van der Waals surface area contributed by atoms with Crippen molar-refractivity contribution >= 4 is 76.6 Å². The molecule has 2 fully saturated rings. The highest BCUT2D eigenvalue weighted by Crippen LogP contribution is 2.32. The van der Waals surface area contributed by atoms with E-state index >= 15 is 0 Å². The molecular formula is C81H121N9O16. The lowest BCUT2D eigenvalue weighted by molar-refractivity contribution is -0.149. The van der Waals surface area contributed by atoms with E-state index in [1.165, 1.54) is 24.0 Å². The first-order valence-corrected chi connectivity index (χ1v) is 37.9. The Labute approximate surface area is 627 Å². The SMILES string of the molecule is CC[C@H](C)[C@@H]([C@@H](CC(=O)N1CCC[C@H]1[C@H](OC)[C@@H](C)C(=O)N[C@@H](Cc1ccccc1)C(=O)O)OC)N(C)C(=O)[C@@H](CC(=O)[C@H](C(C)C)N(C)CCc1ccc(N(C)C(=O)OCc2ccc(CC(=O)[C@H](CCCNC(N)=O)NC(=O)[C@@H](CC(=O)CCCCCN3C(=O)CC(C)C3=O)C(C)C)cc2)cc1)C(C)C. The number of methoxy groups -OCH3 is 2. The first-order valence-electron chi connectivity index (χ1n) is 37.9. The van der Waals surface area contributed by atoms with Crippen molar-refractivity contribution in [2.45, 2.75) is 221 Å². The smallest absolute Gasteiger partial charge is 0.414 e.